The summed E-state index contributed by atoms with van der Waals surface area (Å²) in [6, 6.07) is 0. The molecule has 1 aliphatic rings. The zero-order valence-corrected chi connectivity index (χ0v) is 16.4. The predicted molar refractivity (Wildman–Crippen MR) is 102 cm³/mol. The maximum absolute atomic E-state index is 12.6. The molecule has 0 saturated heterocycles. The number of hydrogen-bond donors (Lipinski definition) is 1. The van der Waals surface area contributed by atoms with Crippen LogP contribution in [0.3, 0.4) is 0 Å². The molecule has 2 aromatic heterocycles. The van der Waals surface area contributed by atoms with Crippen LogP contribution in [0.15, 0.2) is 16.9 Å². The largest absolute Gasteiger partial charge is 0.463 e. The molecule has 1 aliphatic carbocycles. The maximum atomic E-state index is 12.6. The molecule has 0 saturated carbocycles. The van der Waals surface area contributed by atoms with Crippen molar-refractivity contribution >= 4 is 33.5 Å². The van der Waals surface area contributed by atoms with E-state index in [2.05, 4.69) is 16.9 Å². The summed E-state index contributed by atoms with van der Waals surface area (Å²) in [5.74, 6) is -0.432. The fourth-order valence-corrected chi connectivity index (χ4v) is 4.54. The van der Waals surface area contributed by atoms with Gasteiger partial charge in [-0.25, -0.2) is 14.6 Å². The van der Waals surface area contributed by atoms with E-state index in [0.717, 1.165) is 37.0 Å². The lowest BCUT2D eigenvalue weighted by Crippen LogP contribution is -2.17. The first kappa shape index (κ1) is 19.3. The summed E-state index contributed by atoms with van der Waals surface area (Å²) in [6.07, 6.45) is 4.18. The van der Waals surface area contributed by atoms with Gasteiger partial charge in [0.25, 0.3) is 5.56 Å². The molecule has 27 heavy (non-hydrogen) atoms. The molecule has 0 fully saturated rings. The van der Waals surface area contributed by atoms with E-state index in [0.29, 0.717) is 16.1 Å². The lowest BCUT2D eigenvalue weighted by molar-refractivity contribution is -0.144. The van der Waals surface area contributed by atoms with Gasteiger partial charge in [-0.3, -0.25) is 4.79 Å². The minimum atomic E-state index is -0.750. The van der Waals surface area contributed by atoms with Crippen LogP contribution in [0.5, 0.6) is 0 Å². The molecule has 0 spiro atoms. The predicted octanol–water partition coefficient (Wildman–Crippen LogP) is 2.83. The van der Waals surface area contributed by atoms with Crippen molar-refractivity contribution in [3.05, 3.63) is 38.8 Å². The number of nitrogens with one attached hydrogen (secondary N) is 1. The third-order valence-corrected chi connectivity index (χ3v) is 5.65. The zero-order chi connectivity index (χ0) is 19.6. The molecule has 3 rings (SSSR count). The molecule has 0 aromatic carbocycles. The molecule has 2 atom stereocenters. The summed E-state index contributed by atoms with van der Waals surface area (Å²) in [5, 5.41) is 0.659. The summed E-state index contributed by atoms with van der Waals surface area (Å²) in [4.78, 5) is 44.8. The molecule has 144 valence electrons. The van der Waals surface area contributed by atoms with Crippen molar-refractivity contribution in [3.8, 4) is 0 Å². The number of ether oxygens (including phenoxy) is 2. The fraction of sp³-hybridized carbons (Fsp3) is 0.474. The number of hydrogen-bond acceptors (Lipinski definition) is 7. The van der Waals surface area contributed by atoms with Gasteiger partial charge in [-0.1, -0.05) is 6.92 Å². The van der Waals surface area contributed by atoms with Crippen LogP contribution in [-0.2, 0) is 31.9 Å². The topological polar surface area (TPSA) is 98.3 Å². The normalized spacial score (nSPS) is 17.7. The number of thiophene rings is 1. The van der Waals surface area contributed by atoms with E-state index in [1.807, 2.05) is 0 Å². The number of aromatic amines is 1. The van der Waals surface area contributed by atoms with E-state index in [1.54, 1.807) is 25.2 Å². The Kier molecular flexibility index (Phi) is 5.74. The minimum absolute atomic E-state index is 0.202. The van der Waals surface area contributed by atoms with Crippen LogP contribution in [0.4, 0.5) is 0 Å². The Balaban J connectivity index is 1.79. The van der Waals surface area contributed by atoms with Crippen LogP contribution in [-0.4, -0.2) is 28.5 Å². The first-order valence-electron chi connectivity index (χ1n) is 8.99. The van der Waals surface area contributed by atoms with Gasteiger partial charge in [-0.05, 0) is 44.6 Å². The van der Waals surface area contributed by atoms with Gasteiger partial charge in [-0.2, -0.15) is 0 Å². The number of nitrogens with zero attached hydrogens (tertiary/aromatic N) is 1. The van der Waals surface area contributed by atoms with Crippen molar-refractivity contribution in [3.63, 3.8) is 0 Å². The lowest BCUT2D eigenvalue weighted by atomic mass is 9.89. The number of fused-ring (bicyclic) bond motifs is 3. The third kappa shape index (κ3) is 4.27. The van der Waals surface area contributed by atoms with E-state index in [4.69, 9.17) is 9.47 Å². The summed E-state index contributed by atoms with van der Waals surface area (Å²) in [6.45, 7) is 5.73. The van der Waals surface area contributed by atoms with Gasteiger partial charge < -0.3 is 14.5 Å². The lowest BCUT2D eigenvalue weighted by Gasteiger charge is -2.17. The van der Waals surface area contributed by atoms with Gasteiger partial charge in [0.1, 0.15) is 4.83 Å². The smallest absolute Gasteiger partial charge is 0.331 e. The average Bonchev–Trinajstić information content (AvgIpc) is 2.97. The van der Waals surface area contributed by atoms with Crippen LogP contribution in [0.1, 0.15) is 49.6 Å². The van der Waals surface area contributed by atoms with Crippen LogP contribution in [0.25, 0.3) is 10.2 Å². The Bertz CT molecular complexity index is 959. The first-order chi connectivity index (χ1) is 12.9. The van der Waals surface area contributed by atoms with Gasteiger partial charge in [0.05, 0.1) is 12.0 Å². The second kappa shape index (κ2) is 8.04. The van der Waals surface area contributed by atoms with Crippen LogP contribution in [0.2, 0.25) is 0 Å². The SMILES string of the molecule is CCOC(=O)/C=C/C(=O)O[C@@H](C)c1nc2sc3c(c2c(=O)[nH]1)CC[C@@H](C)C3. The number of carbonyl (C=O) groups excluding carboxylic acids is 2. The molecule has 0 unspecified atom stereocenters. The van der Waals surface area contributed by atoms with Gasteiger partial charge >= 0.3 is 11.9 Å². The van der Waals surface area contributed by atoms with Crippen molar-refractivity contribution in [2.75, 3.05) is 6.61 Å². The maximum Gasteiger partial charge on any atom is 0.331 e. The number of aryl methyl sites for hydroxylation is 1. The zero-order valence-electron chi connectivity index (χ0n) is 15.5. The highest BCUT2D eigenvalue weighted by molar-refractivity contribution is 7.18. The van der Waals surface area contributed by atoms with Crippen molar-refractivity contribution in [1.29, 1.82) is 0 Å². The van der Waals surface area contributed by atoms with Gasteiger partial charge in [0.15, 0.2) is 11.9 Å². The third-order valence-electron chi connectivity index (χ3n) is 4.50. The summed E-state index contributed by atoms with van der Waals surface area (Å²) >= 11 is 1.54. The Labute approximate surface area is 160 Å². The van der Waals surface area contributed by atoms with Crippen molar-refractivity contribution in [2.45, 2.75) is 46.1 Å². The number of aromatic nitrogens is 2. The Morgan fingerprint density at radius 2 is 2.11 bits per heavy atom. The minimum Gasteiger partial charge on any atom is -0.463 e. The van der Waals surface area contributed by atoms with Gasteiger partial charge in [-0.15, -0.1) is 11.3 Å². The molecule has 2 aromatic rings. The Morgan fingerprint density at radius 3 is 2.85 bits per heavy atom. The highest BCUT2D eigenvalue weighted by Gasteiger charge is 2.24. The quantitative estimate of drug-likeness (QED) is 0.623. The molecule has 2 heterocycles. The second-order valence-electron chi connectivity index (χ2n) is 6.65. The molecular weight excluding hydrogens is 368 g/mol. The Hall–Kier alpha value is -2.48. The molecule has 7 nitrogen and oxygen atoms in total. The summed E-state index contributed by atoms with van der Waals surface area (Å²) in [7, 11) is 0. The molecule has 0 bridgehead atoms. The van der Waals surface area contributed by atoms with Gasteiger partial charge in [0.2, 0.25) is 0 Å². The van der Waals surface area contributed by atoms with E-state index in [1.165, 1.54) is 4.88 Å². The van der Waals surface area contributed by atoms with Crippen LogP contribution in [0, 0.1) is 5.92 Å². The molecule has 0 amide bonds. The molecule has 0 aliphatic heterocycles. The van der Waals surface area contributed by atoms with Crippen molar-refractivity contribution in [2.24, 2.45) is 5.92 Å². The number of H-pyrrole nitrogens is 1. The Morgan fingerprint density at radius 1 is 1.37 bits per heavy atom. The highest BCUT2D eigenvalue weighted by atomic mass is 32.1. The monoisotopic (exact) mass is 390 g/mol. The molecular formula is C19H22N2O5S. The van der Waals surface area contributed by atoms with Crippen molar-refractivity contribution in [1.82, 2.24) is 9.97 Å². The molecule has 0 radical (unpaired) electrons. The first-order valence-corrected chi connectivity index (χ1v) is 9.80. The van der Waals surface area contributed by atoms with Crippen LogP contribution >= 0.6 is 11.3 Å². The van der Waals surface area contributed by atoms with Crippen molar-refractivity contribution < 1.29 is 19.1 Å². The van der Waals surface area contributed by atoms with Gasteiger partial charge in [0, 0.05) is 17.0 Å². The van der Waals surface area contributed by atoms with E-state index in [9.17, 15) is 14.4 Å². The molecule has 8 heteroatoms. The summed E-state index contributed by atoms with van der Waals surface area (Å²) < 4.78 is 9.93. The highest BCUT2D eigenvalue weighted by Crippen LogP contribution is 2.35. The second-order valence-corrected chi connectivity index (χ2v) is 7.73. The number of carbonyl (C=O) groups is 2. The van der Waals surface area contributed by atoms with E-state index in [-0.39, 0.29) is 18.0 Å². The van der Waals surface area contributed by atoms with E-state index < -0.39 is 18.0 Å². The summed E-state index contributed by atoms with van der Waals surface area (Å²) in [5.41, 5.74) is 0.905. The van der Waals surface area contributed by atoms with E-state index >= 15 is 0 Å². The molecule has 1 N–H and O–H groups in total. The fourth-order valence-electron chi connectivity index (χ4n) is 3.15. The average molecular weight is 390 g/mol. The standard InChI is InChI=1S/C19H22N2O5S/c1-4-25-14(22)7-8-15(23)26-11(3)17-20-18(24)16-12-6-5-10(2)9-13(12)27-19(16)21-17/h7-8,10-11H,4-6,9H2,1-3H3,(H,20,21,24)/b8-7+/t10-,11+/m1/s1. The number of rotatable bonds is 5. The number of esters is 2. The van der Waals surface area contributed by atoms with Crippen LogP contribution < -0.4 is 5.56 Å².